The van der Waals surface area contributed by atoms with Gasteiger partial charge in [0.1, 0.15) is 11.6 Å². The van der Waals surface area contributed by atoms with Crippen LogP contribution in [0.3, 0.4) is 0 Å². The Balaban J connectivity index is 1.65. The van der Waals surface area contributed by atoms with Crippen molar-refractivity contribution in [2.45, 2.75) is 25.1 Å². The first-order chi connectivity index (χ1) is 12.0. The minimum absolute atomic E-state index is 0.00204. The Labute approximate surface area is 144 Å². The Morgan fingerprint density at radius 2 is 2.20 bits per heavy atom. The van der Waals surface area contributed by atoms with Gasteiger partial charge in [-0.2, -0.15) is 0 Å². The number of carbonyl (C=O) groups excluding carboxylic acids is 1. The lowest BCUT2D eigenvalue weighted by atomic mass is 10.0. The van der Waals surface area contributed by atoms with Gasteiger partial charge >= 0.3 is 0 Å². The van der Waals surface area contributed by atoms with Gasteiger partial charge in [-0.1, -0.05) is 6.07 Å². The number of halogens is 2. The number of nitrogens with zero attached hydrogens (tertiary/aromatic N) is 2. The largest absolute Gasteiger partial charge is 0.392 e. The number of hydrogen-bond donors (Lipinski definition) is 2. The van der Waals surface area contributed by atoms with E-state index in [1.54, 1.807) is 23.4 Å². The maximum atomic E-state index is 14.0. The molecule has 1 aliphatic rings. The van der Waals surface area contributed by atoms with E-state index in [1.807, 2.05) is 6.07 Å². The number of β-amino-alcohol motifs (C(OH)–C–C–N with tert-alkyl or cyclic N) is 1. The summed E-state index contributed by atoms with van der Waals surface area (Å²) in [5.74, 6) is -1.33. The molecule has 0 aliphatic carbocycles. The van der Waals surface area contributed by atoms with Crippen molar-refractivity contribution in [3.05, 3.63) is 65.5 Å². The maximum absolute atomic E-state index is 14.0. The highest BCUT2D eigenvalue weighted by Gasteiger charge is 2.34. The van der Waals surface area contributed by atoms with Gasteiger partial charge in [0.05, 0.1) is 12.6 Å². The first-order valence-electron chi connectivity index (χ1n) is 8.05. The van der Waals surface area contributed by atoms with E-state index in [1.165, 1.54) is 0 Å². The number of carbonyl (C=O) groups is 1. The van der Waals surface area contributed by atoms with Crippen molar-refractivity contribution < 1.29 is 18.7 Å². The van der Waals surface area contributed by atoms with Crippen LogP contribution in [0.2, 0.25) is 0 Å². The van der Waals surface area contributed by atoms with Crippen LogP contribution in [-0.4, -0.2) is 40.1 Å². The number of hydrogen-bond acceptors (Lipinski definition) is 4. The summed E-state index contributed by atoms with van der Waals surface area (Å²) >= 11 is 0. The van der Waals surface area contributed by atoms with Gasteiger partial charge in [-0.25, -0.2) is 8.78 Å². The Kier molecular flexibility index (Phi) is 5.35. The molecule has 1 aliphatic heterocycles. The maximum Gasteiger partial charge on any atom is 0.234 e. The molecule has 25 heavy (non-hydrogen) atoms. The number of likely N-dealkylation sites (tertiary alicyclic amines) is 1. The van der Waals surface area contributed by atoms with Crippen molar-refractivity contribution in [1.82, 2.24) is 15.2 Å². The zero-order chi connectivity index (χ0) is 17.8. The van der Waals surface area contributed by atoms with E-state index in [0.717, 1.165) is 23.8 Å². The van der Waals surface area contributed by atoms with Crippen LogP contribution in [0, 0.1) is 11.6 Å². The number of pyridine rings is 1. The van der Waals surface area contributed by atoms with Crippen LogP contribution in [0.15, 0.2) is 42.7 Å². The molecule has 3 rings (SSSR count). The number of aliphatic hydroxyl groups excluding tert-OH is 1. The van der Waals surface area contributed by atoms with Crippen molar-refractivity contribution in [3.63, 3.8) is 0 Å². The van der Waals surface area contributed by atoms with E-state index in [-0.39, 0.29) is 31.0 Å². The summed E-state index contributed by atoms with van der Waals surface area (Å²) in [4.78, 5) is 17.8. The highest BCUT2D eigenvalue weighted by atomic mass is 19.1. The third kappa shape index (κ3) is 4.37. The molecule has 2 atom stereocenters. The van der Waals surface area contributed by atoms with Crippen molar-refractivity contribution in [2.24, 2.45) is 0 Å². The summed E-state index contributed by atoms with van der Waals surface area (Å²) in [5.41, 5.74) is 1.03. The lowest BCUT2D eigenvalue weighted by molar-refractivity contribution is -0.122. The summed E-state index contributed by atoms with van der Waals surface area (Å²) in [5, 5.41) is 12.7. The molecule has 0 radical (unpaired) electrons. The second-order valence-electron chi connectivity index (χ2n) is 6.14. The molecule has 132 valence electrons. The number of amides is 1. The van der Waals surface area contributed by atoms with Crippen molar-refractivity contribution in [3.8, 4) is 0 Å². The minimum Gasteiger partial charge on any atom is -0.392 e. The molecule has 5 nitrogen and oxygen atoms in total. The molecule has 7 heteroatoms. The molecular weight excluding hydrogens is 328 g/mol. The van der Waals surface area contributed by atoms with E-state index in [2.05, 4.69) is 10.3 Å². The van der Waals surface area contributed by atoms with Gasteiger partial charge < -0.3 is 10.4 Å². The third-order valence-corrected chi connectivity index (χ3v) is 4.26. The molecule has 0 unspecified atom stereocenters. The third-order valence-electron chi connectivity index (χ3n) is 4.26. The normalized spacial score (nSPS) is 20.6. The predicted octanol–water partition coefficient (Wildman–Crippen LogP) is 1.78. The summed E-state index contributed by atoms with van der Waals surface area (Å²) < 4.78 is 27.5. The van der Waals surface area contributed by atoms with Crippen molar-refractivity contribution >= 4 is 5.91 Å². The summed E-state index contributed by atoms with van der Waals surface area (Å²) in [6, 6.07) is 6.33. The predicted molar refractivity (Wildman–Crippen MR) is 87.4 cm³/mol. The Bertz CT molecular complexity index is 742. The van der Waals surface area contributed by atoms with E-state index in [0.29, 0.717) is 6.54 Å². The van der Waals surface area contributed by atoms with Gasteiger partial charge in [0.25, 0.3) is 0 Å². The first kappa shape index (κ1) is 17.4. The molecule has 0 spiro atoms. The quantitative estimate of drug-likeness (QED) is 0.865. The topological polar surface area (TPSA) is 65.5 Å². The smallest absolute Gasteiger partial charge is 0.234 e. The van der Waals surface area contributed by atoms with Crippen LogP contribution in [0.1, 0.15) is 23.6 Å². The number of rotatable bonds is 5. The fourth-order valence-electron chi connectivity index (χ4n) is 3.09. The van der Waals surface area contributed by atoms with Gasteiger partial charge in [0, 0.05) is 37.1 Å². The highest BCUT2D eigenvalue weighted by Crippen LogP contribution is 2.33. The van der Waals surface area contributed by atoms with Gasteiger partial charge in [-0.3, -0.25) is 14.7 Å². The van der Waals surface area contributed by atoms with Crippen LogP contribution in [0.4, 0.5) is 8.78 Å². The lowest BCUT2D eigenvalue weighted by Crippen LogP contribution is -2.37. The molecule has 2 aromatic rings. The fraction of sp³-hybridized carbons (Fsp3) is 0.333. The molecule has 1 amide bonds. The molecule has 2 N–H and O–H groups in total. The number of benzene rings is 1. The Hall–Kier alpha value is -2.38. The molecule has 0 bridgehead atoms. The molecule has 1 aromatic heterocycles. The summed E-state index contributed by atoms with van der Waals surface area (Å²) in [6.07, 6.45) is 2.88. The average molecular weight is 347 g/mol. The van der Waals surface area contributed by atoms with Gasteiger partial charge in [-0.15, -0.1) is 0 Å². The zero-order valence-corrected chi connectivity index (χ0v) is 13.5. The first-order valence-corrected chi connectivity index (χ1v) is 8.05. The minimum atomic E-state index is -0.682. The van der Waals surface area contributed by atoms with E-state index in [4.69, 9.17) is 0 Å². The Morgan fingerprint density at radius 3 is 2.96 bits per heavy atom. The van der Waals surface area contributed by atoms with Crippen LogP contribution in [-0.2, 0) is 11.3 Å². The van der Waals surface area contributed by atoms with Crippen molar-refractivity contribution in [2.75, 3.05) is 13.1 Å². The standard InChI is InChI=1S/C18H19F2N3O2/c19-13-3-4-16(20)15(6-13)17-7-14(24)10-23(17)11-18(25)22-9-12-2-1-5-21-8-12/h1-6,8,14,17,24H,7,9-11H2,(H,22,25)/t14-,17+/m0/s1. The van der Waals surface area contributed by atoms with Gasteiger partial charge in [0.2, 0.25) is 5.91 Å². The van der Waals surface area contributed by atoms with Crippen LogP contribution in [0.25, 0.3) is 0 Å². The molecule has 1 saturated heterocycles. The van der Waals surface area contributed by atoms with Crippen LogP contribution < -0.4 is 5.32 Å². The Morgan fingerprint density at radius 1 is 1.36 bits per heavy atom. The van der Waals surface area contributed by atoms with Crippen molar-refractivity contribution in [1.29, 1.82) is 0 Å². The average Bonchev–Trinajstić information content (AvgIpc) is 2.96. The van der Waals surface area contributed by atoms with E-state index < -0.39 is 23.8 Å². The van der Waals surface area contributed by atoms with E-state index in [9.17, 15) is 18.7 Å². The summed E-state index contributed by atoms with van der Waals surface area (Å²) in [6.45, 7) is 0.570. The number of aliphatic hydroxyl groups is 1. The fourth-order valence-corrected chi connectivity index (χ4v) is 3.09. The second kappa shape index (κ2) is 7.67. The molecule has 1 fully saturated rings. The lowest BCUT2D eigenvalue weighted by Gasteiger charge is -2.24. The molecule has 2 heterocycles. The SMILES string of the molecule is O=C(CN1C[C@@H](O)C[C@@H]1c1cc(F)ccc1F)NCc1cccnc1. The number of nitrogens with one attached hydrogen (secondary N) is 1. The molecular formula is C18H19F2N3O2. The summed E-state index contributed by atoms with van der Waals surface area (Å²) in [7, 11) is 0. The van der Waals surface area contributed by atoms with Gasteiger partial charge in [-0.05, 0) is 36.2 Å². The highest BCUT2D eigenvalue weighted by molar-refractivity contribution is 5.78. The van der Waals surface area contributed by atoms with Crippen LogP contribution >= 0.6 is 0 Å². The number of aromatic nitrogens is 1. The molecule has 0 saturated carbocycles. The second-order valence-corrected chi connectivity index (χ2v) is 6.14. The van der Waals surface area contributed by atoms with E-state index >= 15 is 0 Å². The molecule has 1 aromatic carbocycles. The monoisotopic (exact) mass is 347 g/mol. The van der Waals surface area contributed by atoms with Crippen LogP contribution in [0.5, 0.6) is 0 Å². The zero-order valence-electron chi connectivity index (χ0n) is 13.5. The van der Waals surface area contributed by atoms with Gasteiger partial charge in [0.15, 0.2) is 0 Å².